The van der Waals surface area contributed by atoms with Crippen molar-refractivity contribution in [2.45, 2.75) is 32.1 Å². The zero-order chi connectivity index (χ0) is 18.2. The first-order valence-corrected chi connectivity index (χ1v) is 9.30. The molecule has 0 fully saturated rings. The average molecular weight is 345 g/mol. The van der Waals surface area contributed by atoms with E-state index < -0.39 is 0 Å². The van der Waals surface area contributed by atoms with Crippen molar-refractivity contribution in [2.24, 2.45) is 0 Å². The summed E-state index contributed by atoms with van der Waals surface area (Å²) in [6.07, 6.45) is 0. The van der Waals surface area contributed by atoms with Crippen LogP contribution in [0.2, 0.25) is 0 Å². The van der Waals surface area contributed by atoms with E-state index in [4.69, 9.17) is 0 Å². The first-order chi connectivity index (χ1) is 12.7. The average Bonchev–Trinajstić information content (AvgIpc) is 2.69. The van der Waals surface area contributed by atoms with Gasteiger partial charge in [0.05, 0.1) is 0 Å². The monoisotopic (exact) mass is 344 g/mol. The van der Waals surface area contributed by atoms with Crippen molar-refractivity contribution in [1.29, 1.82) is 0 Å². The Morgan fingerprint density at radius 2 is 1.23 bits per heavy atom. The van der Waals surface area contributed by atoms with Crippen molar-refractivity contribution >= 4 is 0 Å². The lowest BCUT2D eigenvalue weighted by atomic mass is 9.98. The van der Waals surface area contributed by atoms with E-state index in [0.717, 1.165) is 13.1 Å². The first-order valence-electron chi connectivity index (χ1n) is 9.30. The maximum absolute atomic E-state index is 3.72. The number of hydrogen-bond acceptors (Lipinski definition) is 2. The van der Waals surface area contributed by atoms with Crippen LogP contribution in [0.5, 0.6) is 0 Å². The van der Waals surface area contributed by atoms with Crippen molar-refractivity contribution in [3.8, 4) is 0 Å². The topological polar surface area (TPSA) is 15.3 Å². The van der Waals surface area contributed by atoms with Gasteiger partial charge in [-0.25, -0.2) is 0 Å². The molecule has 3 rings (SSSR count). The lowest BCUT2D eigenvalue weighted by Gasteiger charge is -2.34. The summed E-state index contributed by atoms with van der Waals surface area (Å²) in [6.45, 7) is 4.09. The number of hydrogen-bond donors (Lipinski definition) is 1. The van der Waals surface area contributed by atoms with Gasteiger partial charge in [0, 0.05) is 25.2 Å². The smallest absolute Gasteiger partial charge is 0.0499 e. The van der Waals surface area contributed by atoms with E-state index in [1.165, 1.54) is 16.7 Å². The van der Waals surface area contributed by atoms with Crippen LogP contribution in [0, 0.1) is 0 Å². The number of nitrogens with one attached hydrogen (secondary N) is 1. The fraction of sp³-hybridized carbons (Fsp3) is 0.250. The SMILES string of the molecule is CC(NCc1ccccc1)C(c1ccccc1)N(C)Cc1ccccc1. The normalized spacial score (nSPS) is 13.5. The van der Waals surface area contributed by atoms with Crippen LogP contribution in [0.15, 0.2) is 91.0 Å². The highest BCUT2D eigenvalue weighted by Gasteiger charge is 2.23. The molecule has 0 aliphatic heterocycles. The predicted molar refractivity (Wildman–Crippen MR) is 110 cm³/mol. The van der Waals surface area contributed by atoms with E-state index >= 15 is 0 Å². The van der Waals surface area contributed by atoms with Crippen molar-refractivity contribution in [3.05, 3.63) is 108 Å². The second-order valence-electron chi connectivity index (χ2n) is 6.91. The van der Waals surface area contributed by atoms with E-state index in [0.29, 0.717) is 12.1 Å². The van der Waals surface area contributed by atoms with E-state index in [9.17, 15) is 0 Å². The number of nitrogens with zero attached hydrogens (tertiary/aromatic N) is 1. The van der Waals surface area contributed by atoms with E-state index in [-0.39, 0.29) is 0 Å². The van der Waals surface area contributed by atoms with Crippen LogP contribution in [0.1, 0.15) is 29.7 Å². The molecule has 0 aliphatic carbocycles. The number of rotatable bonds is 8. The second-order valence-corrected chi connectivity index (χ2v) is 6.91. The minimum Gasteiger partial charge on any atom is -0.308 e. The number of benzene rings is 3. The molecule has 0 amide bonds. The molecule has 2 atom stereocenters. The van der Waals surface area contributed by atoms with Crippen LogP contribution >= 0.6 is 0 Å². The fourth-order valence-electron chi connectivity index (χ4n) is 3.53. The van der Waals surface area contributed by atoms with Gasteiger partial charge in [0.2, 0.25) is 0 Å². The van der Waals surface area contributed by atoms with Crippen LogP contribution in [-0.2, 0) is 13.1 Å². The largest absolute Gasteiger partial charge is 0.308 e. The highest BCUT2D eigenvalue weighted by molar-refractivity contribution is 5.22. The summed E-state index contributed by atoms with van der Waals surface area (Å²) in [5, 5.41) is 3.72. The standard InChI is InChI=1S/C24H28N2/c1-20(25-18-21-12-6-3-7-13-21)24(23-16-10-5-11-17-23)26(2)19-22-14-8-4-9-15-22/h3-17,20,24-25H,18-19H2,1-2H3. The molecular weight excluding hydrogens is 316 g/mol. The van der Waals surface area contributed by atoms with Gasteiger partial charge in [-0.15, -0.1) is 0 Å². The summed E-state index contributed by atoms with van der Waals surface area (Å²) in [7, 11) is 2.21. The molecule has 3 aromatic rings. The molecule has 3 aromatic carbocycles. The van der Waals surface area contributed by atoms with Gasteiger partial charge in [0.25, 0.3) is 0 Å². The highest BCUT2D eigenvalue weighted by atomic mass is 15.2. The van der Waals surface area contributed by atoms with E-state index in [1.807, 2.05) is 0 Å². The maximum Gasteiger partial charge on any atom is 0.0499 e. The summed E-state index contributed by atoms with van der Waals surface area (Å²) >= 11 is 0. The molecule has 0 heterocycles. The van der Waals surface area contributed by atoms with Gasteiger partial charge in [-0.1, -0.05) is 91.0 Å². The second kappa shape index (κ2) is 9.33. The Bertz CT molecular complexity index is 756. The molecule has 2 unspecified atom stereocenters. The Morgan fingerprint density at radius 3 is 1.81 bits per heavy atom. The van der Waals surface area contributed by atoms with E-state index in [1.54, 1.807) is 0 Å². The van der Waals surface area contributed by atoms with Gasteiger partial charge < -0.3 is 5.32 Å². The van der Waals surface area contributed by atoms with Crippen LogP contribution in [0.4, 0.5) is 0 Å². The van der Waals surface area contributed by atoms with Crippen LogP contribution in [0.3, 0.4) is 0 Å². The Morgan fingerprint density at radius 1 is 0.731 bits per heavy atom. The number of likely N-dealkylation sites (N-methyl/N-ethyl adjacent to an activating group) is 1. The Labute approximate surface area is 157 Å². The van der Waals surface area contributed by atoms with Crippen molar-refractivity contribution in [1.82, 2.24) is 10.2 Å². The minimum absolute atomic E-state index is 0.306. The summed E-state index contributed by atoms with van der Waals surface area (Å²) in [5.41, 5.74) is 4.00. The molecule has 2 heteroatoms. The Kier molecular flexibility index (Phi) is 6.59. The minimum atomic E-state index is 0.306. The van der Waals surface area contributed by atoms with Crippen molar-refractivity contribution in [2.75, 3.05) is 7.05 Å². The highest BCUT2D eigenvalue weighted by Crippen LogP contribution is 2.25. The van der Waals surface area contributed by atoms with Crippen LogP contribution in [0.25, 0.3) is 0 Å². The molecule has 1 N–H and O–H groups in total. The van der Waals surface area contributed by atoms with Crippen LogP contribution in [-0.4, -0.2) is 18.0 Å². The van der Waals surface area contributed by atoms with Gasteiger partial charge >= 0.3 is 0 Å². The summed E-state index contributed by atoms with van der Waals surface area (Å²) in [5.74, 6) is 0. The zero-order valence-electron chi connectivity index (χ0n) is 15.7. The fourth-order valence-corrected chi connectivity index (χ4v) is 3.53. The van der Waals surface area contributed by atoms with Gasteiger partial charge in [0.1, 0.15) is 0 Å². The quantitative estimate of drug-likeness (QED) is 0.616. The van der Waals surface area contributed by atoms with Gasteiger partial charge in [-0.05, 0) is 30.7 Å². The van der Waals surface area contributed by atoms with Crippen molar-refractivity contribution < 1.29 is 0 Å². The maximum atomic E-state index is 3.72. The lowest BCUT2D eigenvalue weighted by molar-refractivity contribution is 0.191. The third-order valence-electron chi connectivity index (χ3n) is 4.84. The Hall–Kier alpha value is -2.42. The first kappa shape index (κ1) is 18.4. The molecule has 134 valence electrons. The predicted octanol–water partition coefficient (Wildman–Crippen LogP) is 5.04. The van der Waals surface area contributed by atoms with Gasteiger partial charge in [-0.2, -0.15) is 0 Å². The molecule has 0 aliphatic rings. The molecule has 0 radical (unpaired) electrons. The lowest BCUT2D eigenvalue weighted by Crippen LogP contribution is -2.40. The summed E-state index contributed by atoms with van der Waals surface area (Å²) in [6, 6.07) is 32.7. The van der Waals surface area contributed by atoms with Crippen LogP contribution < -0.4 is 5.32 Å². The summed E-state index contributed by atoms with van der Waals surface area (Å²) < 4.78 is 0. The van der Waals surface area contributed by atoms with Crippen molar-refractivity contribution in [3.63, 3.8) is 0 Å². The molecule has 0 aromatic heterocycles. The zero-order valence-corrected chi connectivity index (χ0v) is 15.7. The third kappa shape index (κ3) is 5.04. The molecule has 0 saturated heterocycles. The molecule has 0 spiro atoms. The third-order valence-corrected chi connectivity index (χ3v) is 4.84. The summed E-state index contributed by atoms with van der Waals surface area (Å²) in [4.78, 5) is 2.44. The van der Waals surface area contributed by atoms with Gasteiger partial charge in [-0.3, -0.25) is 4.90 Å². The Balaban J connectivity index is 1.74. The molecule has 0 bridgehead atoms. The molecule has 2 nitrogen and oxygen atoms in total. The van der Waals surface area contributed by atoms with Gasteiger partial charge in [0.15, 0.2) is 0 Å². The van der Waals surface area contributed by atoms with E-state index in [2.05, 4.69) is 115 Å². The molecule has 0 saturated carbocycles. The molecule has 26 heavy (non-hydrogen) atoms. The molecular formula is C24H28N2.